The van der Waals surface area contributed by atoms with Crippen molar-refractivity contribution in [1.29, 1.82) is 0 Å². The smallest absolute Gasteiger partial charge is 0.200 e. The molecule has 0 bridgehead atoms. The number of ketones is 1. The van der Waals surface area contributed by atoms with Gasteiger partial charge in [0.05, 0.1) is 23.3 Å². The zero-order valence-electron chi connectivity index (χ0n) is 14.9. The molecule has 4 nitrogen and oxygen atoms in total. The molecule has 0 aliphatic heterocycles. The lowest BCUT2D eigenvalue weighted by Crippen LogP contribution is -2.20. The third-order valence-corrected chi connectivity index (χ3v) is 4.57. The number of aromatic nitrogens is 2. The van der Waals surface area contributed by atoms with Crippen molar-refractivity contribution in [1.82, 2.24) is 9.55 Å². The zero-order chi connectivity index (χ0) is 18.8. The quantitative estimate of drug-likeness (QED) is 0.521. The van der Waals surface area contributed by atoms with E-state index in [4.69, 9.17) is 0 Å². The standard InChI is InChI=1S/C23H18N2O2/c1-16-7-6-8-17(13-16)22(26)20-15-25(14-18-9-4-5-12-24-18)21-11-3-2-10-19(21)23(20)27/h2-13,15H,14H2,1H3. The summed E-state index contributed by atoms with van der Waals surface area (Å²) in [6.45, 7) is 2.41. The second-order valence-corrected chi connectivity index (χ2v) is 6.54. The second kappa shape index (κ2) is 7.00. The van der Waals surface area contributed by atoms with E-state index in [-0.39, 0.29) is 16.8 Å². The SMILES string of the molecule is Cc1cccc(C(=O)c2cn(Cc3ccccn3)c3ccccc3c2=O)c1. The van der Waals surface area contributed by atoms with Gasteiger partial charge in [0.2, 0.25) is 5.43 Å². The van der Waals surface area contributed by atoms with Crippen LogP contribution in [0.5, 0.6) is 0 Å². The Labute approximate surface area is 156 Å². The lowest BCUT2D eigenvalue weighted by molar-refractivity contribution is 0.103. The highest BCUT2D eigenvalue weighted by atomic mass is 16.1. The third kappa shape index (κ3) is 3.29. The summed E-state index contributed by atoms with van der Waals surface area (Å²) in [6.07, 6.45) is 3.39. The lowest BCUT2D eigenvalue weighted by atomic mass is 10.0. The summed E-state index contributed by atoms with van der Waals surface area (Å²) in [5.74, 6) is -0.260. The molecule has 0 spiro atoms. The number of carbonyl (C=O) groups excluding carboxylic acids is 1. The van der Waals surface area contributed by atoms with Gasteiger partial charge >= 0.3 is 0 Å². The minimum absolute atomic E-state index is 0.176. The van der Waals surface area contributed by atoms with E-state index >= 15 is 0 Å². The van der Waals surface area contributed by atoms with E-state index in [0.29, 0.717) is 17.5 Å². The first kappa shape index (κ1) is 16.9. The van der Waals surface area contributed by atoms with Crippen LogP contribution in [0, 0.1) is 6.92 Å². The molecule has 4 heteroatoms. The first-order valence-corrected chi connectivity index (χ1v) is 8.77. The molecule has 132 valence electrons. The summed E-state index contributed by atoms with van der Waals surface area (Å²) >= 11 is 0. The average Bonchev–Trinajstić information content (AvgIpc) is 2.70. The molecule has 0 atom stereocenters. The highest BCUT2D eigenvalue weighted by Crippen LogP contribution is 2.16. The predicted octanol–water partition coefficient (Wildman–Crippen LogP) is 3.98. The molecule has 0 aliphatic carbocycles. The molecular weight excluding hydrogens is 336 g/mol. The Kier molecular flexibility index (Phi) is 4.38. The Bertz CT molecular complexity index is 1190. The number of benzene rings is 2. The van der Waals surface area contributed by atoms with Crippen LogP contribution < -0.4 is 5.43 Å². The van der Waals surface area contributed by atoms with Gasteiger partial charge in [-0.3, -0.25) is 14.6 Å². The number of carbonyl (C=O) groups is 1. The molecule has 2 aromatic carbocycles. The van der Waals surface area contributed by atoms with Crippen molar-refractivity contribution >= 4 is 16.7 Å². The first-order chi connectivity index (χ1) is 13.1. The molecule has 4 rings (SSSR count). The molecular formula is C23H18N2O2. The lowest BCUT2D eigenvalue weighted by Gasteiger charge is -2.13. The van der Waals surface area contributed by atoms with E-state index in [1.165, 1.54) is 0 Å². The van der Waals surface area contributed by atoms with Crippen LogP contribution >= 0.6 is 0 Å². The van der Waals surface area contributed by atoms with Gasteiger partial charge in [-0.15, -0.1) is 0 Å². The van der Waals surface area contributed by atoms with Gasteiger partial charge in [0.15, 0.2) is 5.78 Å². The van der Waals surface area contributed by atoms with Gasteiger partial charge in [0, 0.05) is 23.3 Å². The number of para-hydroxylation sites is 1. The number of rotatable bonds is 4. The van der Waals surface area contributed by atoms with Crippen molar-refractivity contribution in [2.75, 3.05) is 0 Å². The van der Waals surface area contributed by atoms with Gasteiger partial charge in [-0.1, -0.05) is 42.0 Å². The largest absolute Gasteiger partial charge is 0.340 e. The van der Waals surface area contributed by atoms with Gasteiger partial charge in [-0.25, -0.2) is 0 Å². The molecule has 0 radical (unpaired) electrons. The van der Waals surface area contributed by atoms with Gasteiger partial charge in [0.25, 0.3) is 0 Å². The van der Waals surface area contributed by atoms with Crippen LogP contribution in [0.15, 0.2) is 83.9 Å². The molecule has 0 N–H and O–H groups in total. The van der Waals surface area contributed by atoms with E-state index in [2.05, 4.69) is 4.98 Å². The minimum atomic E-state index is -0.260. The second-order valence-electron chi connectivity index (χ2n) is 6.54. The zero-order valence-corrected chi connectivity index (χ0v) is 14.9. The highest BCUT2D eigenvalue weighted by Gasteiger charge is 2.17. The van der Waals surface area contributed by atoms with E-state index in [1.807, 2.05) is 60.0 Å². The summed E-state index contributed by atoms with van der Waals surface area (Å²) < 4.78 is 1.92. The summed E-state index contributed by atoms with van der Waals surface area (Å²) in [7, 11) is 0. The molecule has 2 aromatic heterocycles. The van der Waals surface area contributed by atoms with E-state index in [9.17, 15) is 9.59 Å². The van der Waals surface area contributed by atoms with Crippen molar-refractivity contribution in [2.45, 2.75) is 13.5 Å². The summed E-state index contributed by atoms with van der Waals surface area (Å²) in [4.78, 5) is 30.4. The molecule has 0 unspecified atom stereocenters. The Morgan fingerprint density at radius 2 is 1.81 bits per heavy atom. The molecule has 2 heterocycles. The van der Waals surface area contributed by atoms with Crippen LogP contribution in [-0.2, 0) is 6.54 Å². The summed E-state index contributed by atoms with van der Waals surface area (Å²) in [6, 6.07) is 20.4. The van der Waals surface area contributed by atoms with Crippen LogP contribution in [-0.4, -0.2) is 15.3 Å². The fourth-order valence-corrected chi connectivity index (χ4v) is 3.25. The van der Waals surface area contributed by atoms with Crippen LogP contribution in [0.3, 0.4) is 0 Å². The fourth-order valence-electron chi connectivity index (χ4n) is 3.25. The van der Waals surface area contributed by atoms with E-state index < -0.39 is 0 Å². The Hall–Kier alpha value is -3.53. The maximum absolute atomic E-state index is 13.0. The van der Waals surface area contributed by atoms with Crippen molar-refractivity contribution in [3.05, 3.63) is 112 Å². The van der Waals surface area contributed by atoms with E-state index in [1.54, 1.807) is 30.6 Å². The molecule has 4 aromatic rings. The maximum atomic E-state index is 13.0. The number of aryl methyl sites for hydroxylation is 1. The molecule has 0 saturated heterocycles. The number of hydrogen-bond acceptors (Lipinski definition) is 3. The van der Waals surface area contributed by atoms with Gasteiger partial charge in [-0.05, 0) is 37.3 Å². The van der Waals surface area contributed by atoms with Crippen LogP contribution in [0.1, 0.15) is 27.2 Å². The van der Waals surface area contributed by atoms with Crippen molar-refractivity contribution in [2.24, 2.45) is 0 Å². The normalized spacial score (nSPS) is 10.9. The first-order valence-electron chi connectivity index (χ1n) is 8.77. The van der Waals surface area contributed by atoms with Gasteiger partial charge in [-0.2, -0.15) is 0 Å². The molecule has 0 aliphatic rings. The molecule has 27 heavy (non-hydrogen) atoms. The van der Waals surface area contributed by atoms with Crippen LogP contribution in [0.2, 0.25) is 0 Å². The van der Waals surface area contributed by atoms with Crippen LogP contribution in [0.4, 0.5) is 0 Å². The maximum Gasteiger partial charge on any atom is 0.200 e. The average molecular weight is 354 g/mol. The number of fused-ring (bicyclic) bond motifs is 1. The molecule has 0 amide bonds. The van der Waals surface area contributed by atoms with Gasteiger partial charge in [0.1, 0.15) is 0 Å². The predicted molar refractivity (Wildman–Crippen MR) is 106 cm³/mol. The summed E-state index contributed by atoms with van der Waals surface area (Å²) in [5, 5.41) is 0.534. The number of hydrogen-bond donors (Lipinski definition) is 0. The monoisotopic (exact) mass is 354 g/mol. The van der Waals surface area contributed by atoms with Crippen molar-refractivity contribution < 1.29 is 4.79 Å². The minimum Gasteiger partial charge on any atom is -0.340 e. The third-order valence-electron chi connectivity index (χ3n) is 4.57. The Morgan fingerprint density at radius 1 is 1.00 bits per heavy atom. The number of pyridine rings is 2. The van der Waals surface area contributed by atoms with Crippen molar-refractivity contribution in [3.8, 4) is 0 Å². The summed E-state index contributed by atoms with van der Waals surface area (Å²) in [5.41, 5.74) is 3.08. The Morgan fingerprint density at radius 3 is 2.59 bits per heavy atom. The molecule has 0 fully saturated rings. The topological polar surface area (TPSA) is 52.0 Å². The number of nitrogens with zero attached hydrogens (tertiary/aromatic N) is 2. The van der Waals surface area contributed by atoms with E-state index in [0.717, 1.165) is 16.8 Å². The fraction of sp³-hybridized carbons (Fsp3) is 0.0870. The Balaban J connectivity index is 1.90. The highest BCUT2D eigenvalue weighted by molar-refractivity contribution is 6.10. The van der Waals surface area contributed by atoms with Crippen molar-refractivity contribution in [3.63, 3.8) is 0 Å². The van der Waals surface area contributed by atoms with Crippen LogP contribution in [0.25, 0.3) is 10.9 Å². The van der Waals surface area contributed by atoms with Gasteiger partial charge < -0.3 is 4.57 Å². The molecule has 0 saturated carbocycles.